The molecule has 0 atom stereocenters. The molecule has 0 radical (unpaired) electrons. The summed E-state index contributed by atoms with van der Waals surface area (Å²) in [5.74, 6) is 1.36. The smallest absolute Gasteiger partial charge is 0.133 e. The van der Waals surface area contributed by atoms with Crippen LogP contribution in [0.1, 0.15) is 30.8 Å². The van der Waals surface area contributed by atoms with E-state index in [0.29, 0.717) is 0 Å². The van der Waals surface area contributed by atoms with Crippen molar-refractivity contribution in [2.24, 2.45) is 0 Å². The lowest BCUT2D eigenvalue weighted by Crippen LogP contribution is -2.07. The average molecular weight is 273 g/mol. The molecule has 1 aromatic heterocycles. The molecular weight excluding hydrogens is 253 g/mol. The molecule has 3 nitrogen and oxygen atoms in total. The second-order valence-corrected chi connectivity index (χ2v) is 4.86. The van der Waals surface area contributed by atoms with Crippen LogP contribution in [0.2, 0.25) is 0 Å². The largest absolute Gasteiger partial charge is 0.370 e. The lowest BCUT2D eigenvalue weighted by Gasteiger charge is -2.13. The number of nitrogens with zero attached hydrogens (tertiary/aromatic N) is 2. The first-order valence-electron chi connectivity index (χ1n) is 6.94. The molecule has 4 heteroatoms. The van der Waals surface area contributed by atoms with Crippen LogP contribution >= 0.6 is 0 Å². The summed E-state index contributed by atoms with van der Waals surface area (Å²) in [6.45, 7) is 8.69. The molecule has 106 valence electrons. The molecule has 0 aliphatic carbocycles. The summed E-state index contributed by atoms with van der Waals surface area (Å²) in [6.07, 6.45) is 0.750. The third-order valence-corrected chi connectivity index (χ3v) is 3.17. The predicted octanol–water partition coefficient (Wildman–Crippen LogP) is 3.89. The average Bonchev–Trinajstić information content (AvgIpc) is 2.40. The highest BCUT2D eigenvalue weighted by molar-refractivity contribution is 5.68. The summed E-state index contributed by atoms with van der Waals surface area (Å²) in [7, 11) is 0. The van der Waals surface area contributed by atoms with Gasteiger partial charge in [0.2, 0.25) is 0 Å². The second-order valence-electron chi connectivity index (χ2n) is 4.86. The van der Waals surface area contributed by atoms with Crippen LogP contribution in [-0.2, 0) is 6.42 Å². The van der Waals surface area contributed by atoms with Crippen molar-refractivity contribution in [3.63, 3.8) is 0 Å². The molecule has 0 aliphatic rings. The van der Waals surface area contributed by atoms with Crippen molar-refractivity contribution >= 4 is 5.82 Å². The molecule has 1 N–H and O–H groups in total. The van der Waals surface area contributed by atoms with Gasteiger partial charge in [-0.15, -0.1) is 0 Å². The monoisotopic (exact) mass is 273 g/mol. The first kappa shape index (κ1) is 14.4. The number of aromatic nitrogens is 2. The summed E-state index contributed by atoms with van der Waals surface area (Å²) < 4.78 is 13.6. The van der Waals surface area contributed by atoms with Crippen LogP contribution < -0.4 is 5.32 Å². The number of anilines is 1. The number of halogens is 1. The molecule has 0 saturated carbocycles. The maximum Gasteiger partial charge on any atom is 0.133 e. The van der Waals surface area contributed by atoms with E-state index in [0.717, 1.165) is 47.0 Å². The zero-order valence-corrected chi connectivity index (χ0v) is 12.4. The summed E-state index contributed by atoms with van der Waals surface area (Å²) in [5, 5.41) is 3.25. The van der Waals surface area contributed by atoms with Crippen LogP contribution in [0.5, 0.6) is 0 Å². The van der Waals surface area contributed by atoms with E-state index < -0.39 is 0 Å². The van der Waals surface area contributed by atoms with Crippen LogP contribution in [0.4, 0.5) is 10.2 Å². The van der Waals surface area contributed by atoms with Gasteiger partial charge in [-0.25, -0.2) is 14.4 Å². The van der Waals surface area contributed by atoms with E-state index >= 15 is 0 Å². The van der Waals surface area contributed by atoms with Crippen LogP contribution in [0, 0.1) is 19.7 Å². The number of hydrogen-bond acceptors (Lipinski definition) is 3. The van der Waals surface area contributed by atoms with Crippen molar-refractivity contribution in [1.82, 2.24) is 9.97 Å². The van der Waals surface area contributed by atoms with Gasteiger partial charge >= 0.3 is 0 Å². The first-order chi connectivity index (χ1) is 9.55. The normalized spacial score (nSPS) is 10.7. The Bertz CT molecular complexity index is 603. The molecule has 0 aliphatic heterocycles. The van der Waals surface area contributed by atoms with Gasteiger partial charge in [0.05, 0.1) is 5.69 Å². The Hall–Kier alpha value is -1.97. The molecular formula is C16H20FN3. The Labute approximate surface area is 119 Å². The van der Waals surface area contributed by atoms with Crippen LogP contribution in [0.15, 0.2) is 18.2 Å². The summed E-state index contributed by atoms with van der Waals surface area (Å²) >= 11 is 0. The fourth-order valence-corrected chi connectivity index (χ4v) is 2.21. The molecule has 0 spiro atoms. The lowest BCUT2D eigenvalue weighted by atomic mass is 10.0. The van der Waals surface area contributed by atoms with Crippen LogP contribution in [-0.4, -0.2) is 16.5 Å². The Morgan fingerprint density at radius 3 is 2.45 bits per heavy atom. The van der Waals surface area contributed by atoms with Crippen molar-refractivity contribution < 1.29 is 4.39 Å². The minimum Gasteiger partial charge on any atom is -0.370 e. The van der Waals surface area contributed by atoms with Gasteiger partial charge in [0.15, 0.2) is 0 Å². The van der Waals surface area contributed by atoms with E-state index in [1.54, 1.807) is 0 Å². The van der Waals surface area contributed by atoms with Crippen molar-refractivity contribution in [1.29, 1.82) is 0 Å². The summed E-state index contributed by atoms with van der Waals surface area (Å²) in [6, 6.07) is 5.00. The fourth-order valence-electron chi connectivity index (χ4n) is 2.21. The van der Waals surface area contributed by atoms with E-state index in [1.807, 2.05) is 33.8 Å². The minimum absolute atomic E-state index is 0.235. The third-order valence-electron chi connectivity index (χ3n) is 3.17. The predicted molar refractivity (Wildman–Crippen MR) is 80.4 cm³/mol. The highest BCUT2D eigenvalue weighted by atomic mass is 19.1. The Kier molecular flexibility index (Phi) is 4.32. The molecule has 0 bridgehead atoms. The maximum absolute atomic E-state index is 13.6. The van der Waals surface area contributed by atoms with Gasteiger partial charge in [-0.1, -0.05) is 6.92 Å². The standard InChI is InChI=1S/C16H20FN3/c1-5-14-19-15(11(4)16(20-14)18-6-2)12-7-10(3)8-13(17)9-12/h7-9H,5-6H2,1-4H3,(H,18,19,20). The van der Waals surface area contributed by atoms with Gasteiger partial charge in [0.1, 0.15) is 17.5 Å². The molecule has 2 rings (SSSR count). The van der Waals surface area contributed by atoms with Crippen molar-refractivity contribution in [2.75, 3.05) is 11.9 Å². The lowest BCUT2D eigenvalue weighted by molar-refractivity contribution is 0.627. The number of benzene rings is 1. The molecule has 0 saturated heterocycles. The highest BCUT2D eigenvalue weighted by Gasteiger charge is 2.12. The fraction of sp³-hybridized carbons (Fsp3) is 0.375. The van der Waals surface area contributed by atoms with Crippen molar-refractivity contribution in [2.45, 2.75) is 34.1 Å². The second kappa shape index (κ2) is 5.99. The topological polar surface area (TPSA) is 37.8 Å². The quantitative estimate of drug-likeness (QED) is 0.918. The van der Waals surface area contributed by atoms with E-state index in [2.05, 4.69) is 15.3 Å². The summed E-state index contributed by atoms with van der Waals surface area (Å²) in [5.41, 5.74) is 3.45. The van der Waals surface area contributed by atoms with Gasteiger partial charge in [-0.05, 0) is 44.5 Å². The zero-order chi connectivity index (χ0) is 14.7. The van der Waals surface area contributed by atoms with E-state index in [1.165, 1.54) is 12.1 Å². The highest BCUT2D eigenvalue weighted by Crippen LogP contribution is 2.27. The number of nitrogens with one attached hydrogen (secondary N) is 1. The van der Waals surface area contributed by atoms with Crippen molar-refractivity contribution in [3.8, 4) is 11.3 Å². The van der Waals surface area contributed by atoms with Gasteiger partial charge in [0.25, 0.3) is 0 Å². The van der Waals surface area contributed by atoms with Crippen LogP contribution in [0.25, 0.3) is 11.3 Å². The van der Waals surface area contributed by atoms with Gasteiger partial charge < -0.3 is 5.32 Å². The Morgan fingerprint density at radius 2 is 1.85 bits per heavy atom. The zero-order valence-electron chi connectivity index (χ0n) is 12.4. The number of rotatable bonds is 4. The molecule has 0 unspecified atom stereocenters. The molecule has 0 amide bonds. The van der Waals surface area contributed by atoms with E-state index in [-0.39, 0.29) is 5.82 Å². The third kappa shape index (κ3) is 2.95. The number of aryl methyl sites for hydroxylation is 2. The molecule has 0 fully saturated rings. The molecule has 1 heterocycles. The Morgan fingerprint density at radius 1 is 1.10 bits per heavy atom. The van der Waals surface area contributed by atoms with E-state index in [9.17, 15) is 4.39 Å². The molecule has 1 aromatic carbocycles. The van der Waals surface area contributed by atoms with Gasteiger partial charge in [-0.2, -0.15) is 0 Å². The number of hydrogen-bond donors (Lipinski definition) is 1. The molecule has 2 aromatic rings. The van der Waals surface area contributed by atoms with Gasteiger partial charge in [-0.3, -0.25) is 0 Å². The van der Waals surface area contributed by atoms with Crippen LogP contribution in [0.3, 0.4) is 0 Å². The molecule has 20 heavy (non-hydrogen) atoms. The SMILES string of the molecule is CCNc1nc(CC)nc(-c2cc(C)cc(F)c2)c1C. The maximum atomic E-state index is 13.6. The Balaban J connectivity index is 2.62. The van der Waals surface area contributed by atoms with Gasteiger partial charge in [0, 0.05) is 24.1 Å². The summed E-state index contributed by atoms with van der Waals surface area (Å²) in [4.78, 5) is 9.06. The van der Waals surface area contributed by atoms with E-state index in [4.69, 9.17) is 0 Å². The first-order valence-corrected chi connectivity index (χ1v) is 6.94. The van der Waals surface area contributed by atoms with Crippen molar-refractivity contribution in [3.05, 3.63) is 41.0 Å². The minimum atomic E-state index is -0.235.